The largest absolute Gasteiger partial charge is 0.501 e. The number of nitrogens with one attached hydrogen (secondary N) is 2. The second-order valence-electron chi connectivity index (χ2n) is 9.92. The monoisotopic (exact) mass is 622 g/mol. The molecule has 0 spiro atoms. The van der Waals surface area contributed by atoms with Gasteiger partial charge in [-0.3, -0.25) is 14.4 Å². The second kappa shape index (κ2) is 12.4. The minimum atomic E-state index is -5.63. The van der Waals surface area contributed by atoms with Crippen molar-refractivity contribution in [1.82, 2.24) is 5.32 Å². The highest BCUT2D eigenvalue weighted by molar-refractivity contribution is 7.92. The Hall–Kier alpha value is -4.46. The van der Waals surface area contributed by atoms with Gasteiger partial charge in [-0.15, -0.1) is 0 Å². The summed E-state index contributed by atoms with van der Waals surface area (Å²) in [6.45, 7) is 0. The minimum Gasteiger partial charge on any atom is -0.497 e. The number of rotatable bonds is 9. The summed E-state index contributed by atoms with van der Waals surface area (Å²) in [7, 11) is -4.26. The Kier molecular flexibility index (Phi) is 9.09. The Morgan fingerprint density at radius 3 is 2.42 bits per heavy atom. The van der Waals surface area contributed by atoms with E-state index in [9.17, 15) is 45.5 Å². The van der Waals surface area contributed by atoms with Crippen molar-refractivity contribution in [1.29, 1.82) is 0 Å². The first kappa shape index (κ1) is 31.5. The van der Waals surface area contributed by atoms with Crippen molar-refractivity contribution in [3.8, 4) is 16.9 Å². The predicted octanol–water partition coefficient (Wildman–Crippen LogP) is 4.96. The number of ether oxygens (including phenoxy) is 1. The molecule has 4 rings (SSSR count). The van der Waals surface area contributed by atoms with Gasteiger partial charge in [0.25, 0.3) is 15.7 Å². The Labute approximate surface area is 243 Å². The number of carbonyl (C=O) groups excluding carboxylic acids is 2. The number of carboxylic acid groups (broad SMARTS) is 1. The lowest BCUT2D eigenvalue weighted by Gasteiger charge is -2.21. The van der Waals surface area contributed by atoms with Gasteiger partial charge in [0.2, 0.25) is 5.91 Å². The first-order valence-corrected chi connectivity index (χ1v) is 14.4. The van der Waals surface area contributed by atoms with Gasteiger partial charge in [0, 0.05) is 28.9 Å². The zero-order chi connectivity index (χ0) is 31.5. The van der Waals surface area contributed by atoms with Crippen LogP contribution in [0, 0.1) is 11.7 Å². The fourth-order valence-electron chi connectivity index (χ4n) is 4.92. The number of anilines is 1. The number of amides is 2. The summed E-state index contributed by atoms with van der Waals surface area (Å²) >= 11 is 0. The number of hydrogen-bond donors (Lipinski definition) is 3. The Bertz CT molecular complexity index is 1680. The van der Waals surface area contributed by atoms with Crippen molar-refractivity contribution in [3.05, 3.63) is 77.6 Å². The Balaban J connectivity index is 1.55. The van der Waals surface area contributed by atoms with E-state index in [4.69, 9.17) is 4.74 Å². The standard InChI is InChI=1S/C29H26F4N2O7S/c1-42-20-8-9-22(24(30)15-20)17-10-16(12-26(36)37)11-18(13-17)27(38)35-25-7-3-6-23(25)28(39)34-19-4-2-5-21(14-19)43(40,41)29(31,32)33/h2,4-5,8-11,13-15,23,25H,3,6-7,12H2,1H3,(H,34,39)(H,35,38)(H,36,37). The van der Waals surface area contributed by atoms with E-state index < -0.39 is 62.2 Å². The van der Waals surface area contributed by atoms with E-state index in [1.54, 1.807) is 0 Å². The van der Waals surface area contributed by atoms with E-state index in [1.807, 2.05) is 0 Å². The lowest BCUT2D eigenvalue weighted by Crippen LogP contribution is -2.42. The number of halogens is 4. The number of aliphatic carboxylic acids is 1. The molecule has 2 atom stereocenters. The van der Waals surface area contributed by atoms with Gasteiger partial charge in [0.1, 0.15) is 11.6 Å². The van der Waals surface area contributed by atoms with E-state index in [1.165, 1.54) is 43.5 Å². The van der Waals surface area contributed by atoms with E-state index in [0.29, 0.717) is 25.3 Å². The first-order chi connectivity index (χ1) is 20.2. The summed E-state index contributed by atoms with van der Waals surface area (Å²) in [5, 5.41) is 14.5. The van der Waals surface area contributed by atoms with Gasteiger partial charge in [0.15, 0.2) is 0 Å². The van der Waals surface area contributed by atoms with Crippen molar-refractivity contribution in [2.24, 2.45) is 5.92 Å². The fraction of sp³-hybridized carbons (Fsp3) is 0.276. The number of carbonyl (C=O) groups is 3. The van der Waals surface area contributed by atoms with Crippen LogP contribution in [0.25, 0.3) is 11.1 Å². The van der Waals surface area contributed by atoms with Gasteiger partial charge >= 0.3 is 11.5 Å². The Morgan fingerprint density at radius 1 is 1.02 bits per heavy atom. The van der Waals surface area contributed by atoms with E-state index in [0.717, 1.165) is 18.2 Å². The molecule has 1 aliphatic rings. The van der Waals surface area contributed by atoms with Crippen molar-refractivity contribution in [2.75, 3.05) is 12.4 Å². The molecule has 0 aromatic heterocycles. The van der Waals surface area contributed by atoms with Gasteiger partial charge in [0.05, 0.1) is 24.3 Å². The molecule has 1 saturated carbocycles. The molecule has 0 heterocycles. The summed E-state index contributed by atoms with van der Waals surface area (Å²) in [6.07, 6.45) is 0.816. The maximum absolute atomic E-state index is 14.8. The van der Waals surface area contributed by atoms with Crippen molar-refractivity contribution in [2.45, 2.75) is 42.1 Å². The molecule has 0 bridgehead atoms. The lowest BCUT2D eigenvalue weighted by atomic mass is 9.96. The first-order valence-electron chi connectivity index (χ1n) is 12.9. The number of sulfone groups is 1. The SMILES string of the molecule is COc1ccc(-c2cc(CC(=O)O)cc(C(=O)NC3CCCC3C(=O)Nc3cccc(S(=O)(=O)C(F)(F)F)c3)c2)c(F)c1. The molecule has 0 saturated heterocycles. The smallest absolute Gasteiger partial charge is 0.497 e. The molecular formula is C29H26F4N2O7S. The summed E-state index contributed by atoms with van der Waals surface area (Å²) in [6, 6.07) is 11.4. The van der Waals surface area contributed by atoms with Gasteiger partial charge in [-0.05, 0) is 66.4 Å². The number of benzene rings is 3. The van der Waals surface area contributed by atoms with Crippen LogP contribution in [0.3, 0.4) is 0 Å². The molecule has 0 aliphatic heterocycles. The lowest BCUT2D eigenvalue weighted by molar-refractivity contribution is -0.136. The zero-order valence-corrected chi connectivity index (χ0v) is 23.4. The van der Waals surface area contributed by atoms with Crippen LogP contribution >= 0.6 is 0 Å². The maximum atomic E-state index is 14.8. The molecule has 1 aliphatic carbocycles. The molecule has 3 N–H and O–H groups in total. The number of alkyl halides is 3. The zero-order valence-electron chi connectivity index (χ0n) is 22.6. The van der Waals surface area contributed by atoms with Crippen LogP contribution in [0.5, 0.6) is 5.75 Å². The second-order valence-corrected chi connectivity index (χ2v) is 11.9. The third-order valence-corrected chi connectivity index (χ3v) is 8.47. The molecule has 43 heavy (non-hydrogen) atoms. The third-order valence-electron chi connectivity index (χ3n) is 6.98. The molecule has 2 unspecified atom stereocenters. The highest BCUT2D eigenvalue weighted by Crippen LogP contribution is 2.33. The molecule has 228 valence electrons. The maximum Gasteiger partial charge on any atom is 0.501 e. The number of hydrogen-bond acceptors (Lipinski definition) is 6. The van der Waals surface area contributed by atoms with E-state index in [-0.39, 0.29) is 33.7 Å². The average Bonchev–Trinajstić information content (AvgIpc) is 3.40. The van der Waals surface area contributed by atoms with Gasteiger partial charge in [-0.1, -0.05) is 18.6 Å². The summed E-state index contributed by atoms with van der Waals surface area (Å²) in [5.74, 6) is -3.64. The predicted molar refractivity (Wildman–Crippen MR) is 147 cm³/mol. The van der Waals surface area contributed by atoms with Crippen LogP contribution in [-0.4, -0.2) is 50.0 Å². The van der Waals surface area contributed by atoms with Crippen LogP contribution in [0.2, 0.25) is 0 Å². The fourth-order valence-corrected chi connectivity index (χ4v) is 5.73. The van der Waals surface area contributed by atoms with E-state index in [2.05, 4.69) is 10.6 Å². The van der Waals surface area contributed by atoms with Crippen LogP contribution in [0.4, 0.5) is 23.2 Å². The molecular weight excluding hydrogens is 596 g/mol. The molecule has 14 heteroatoms. The molecule has 0 radical (unpaired) electrons. The summed E-state index contributed by atoms with van der Waals surface area (Å²) < 4.78 is 82.2. The minimum absolute atomic E-state index is 0.0279. The molecule has 1 fully saturated rings. The van der Waals surface area contributed by atoms with E-state index >= 15 is 0 Å². The summed E-state index contributed by atoms with van der Waals surface area (Å²) in [4.78, 5) is 36.7. The Morgan fingerprint density at radius 2 is 1.77 bits per heavy atom. The molecule has 2 amide bonds. The van der Waals surface area contributed by atoms with Crippen LogP contribution in [0.15, 0.2) is 65.6 Å². The normalized spacial score (nSPS) is 16.9. The number of carboxylic acids is 1. The van der Waals surface area contributed by atoms with Crippen LogP contribution in [0.1, 0.15) is 35.2 Å². The highest BCUT2D eigenvalue weighted by Gasteiger charge is 2.47. The van der Waals surface area contributed by atoms with Crippen molar-refractivity contribution >= 4 is 33.3 Å². The highest BCUT2D eigenvalue weighted by atomic mass is 32.2. The van der Waals surface area contributed by atoms with Gasteiger partial charge < -0.3 is 20.5 Å². The molecule has 9 nitrogen and oxygen atoms in total. The van der Waals surface area contributed by atoms with Gasteiger partial charge in [-0.2, -0.15) is 13.2 Å². The molecule has 3 aromatic carbocycles. The third kappa shape index (κ3) is 7.13. The average molecular weight is 623 g/mol. The summed E-state index contributed by atoms with van der Waals surface area (Å²) in [5.41, 5.74) is -5.06. The number of methoxy groups -OCH3 is 1. The van der Waals surface area contributed by atoms with Gasteiger partial charge in [-0.25, -0.2) is 12.8 Å². The quantitative estimate of drug-likeness (QED) is 0.287. The van der Waals surface area contributed by atoms with Crippen molar-refractivity contribution < 1.29 is 50.2 Å². The topological polar surface area (TPSA) is 139 Å². The van der Waals surface area contributed by atoms with Crippen molar-refractivity contribution in [3.63, 3.8) is 0 Å². The molecule has 3 aromatic rings. The van der Waals surface area contributed by atoms with Crippen LogP contribution in [-0.2, 0) is 25.8 Å². The van der Waals surface area contributed by atoms with Crippen LogP contribution < -0.4 is 15.4 Å².